The molecule has 0 radical (unpaired) electrons. The summed E-state index contributed by atoms with van der Waals surface area (Å²) in [7, 11) is -3.81. The summed E-state index contributed by atoms with van der Waals surface area (Å²) in [5, 5.41) is 9.40. The maximum absolute atomic E-state index is 12.4. The molecular formula is C13H10Br2ClNO3S. The monoisotopic (exact) mass is 453 g/mol. The van der Waals surface area contributed by atoms with Crippen LogP contribution < -0.4 is 4.72 Å². The van der Waals surface area contributed by atoms with Crippen LogP contribution in [0.5, 0.6) is 5.75 Å². The molecule has 0 saturated carbocycles. The summed E-state index contributed by atoms with van der Waals surface area (Å²) in [5.41, 5.74) is 1.10. The Balaban J connectivity index is 2.46. The summed E-state index contributed by atoms with van der Waals surface area (Å²) < 4.78 is 28.4. The van der Waals surface area contributed by atoms with Gasteiger partial charge in [-0.3, -0.25) is 4.72 Å². The Hall–Kier alpha value is -0.760. The first-order valence-electron chi connectivity index (χ1n) is 5.67. The molecule has 112 valence electrons. The first kappa shape index (κ1) is 16.6. The number of nitrogens with one attached hydrogen (secondary N) is 1. The van der Waals surface area contributed by atoms with Gasteiger partial charge in [-0.1, -0.05) is 27.5 Å². The Labute approximate surface area is 144 Å². The molecule has 0 heterocycles. The molecule has 0 aromatic heterocycles. The van der Waals surface area contributed by atoms with Gasteiger partial charge < -0.3 is 5.11 Å². The molecule has 0 aliphatic rings. The number of anilines is 1. The van der Waals surface area contributed by atoms with Gasteiger partial charge in [0.2, 0.25) is 0 Å². The summed E-state index contributed by atoms with van der Waals surface area (Å²) in [6.07, 6.45) is 0. The van der Waals surface area contributed by atoms with Gasteiger partial charge >= 0.3 is 0 Å². The Morgan fingerprint density at radius 2 is 1.81 bits per heavy atom. The number of benzene rings is 2. The van der Waals surface area contributed by atoms with Crippen molar-refractivity contribution in [3.63, 3.8) is 0 Å². The van der Waals surface area contributed by atoms with E-state index in [1.54, 1.807) is 6.07 Å². The molecule has 0 fully saturated rings. The van der Waals surface area contributed by atoms with Crippen molar-refractivity contribution in [1.82, 2.24) is 0 Å². The average Bonchev–Trinajstić information content (AvgIpc) is 2.37. The van der Waals surface area contributed by atoms with Crippen LogP contribution in [0.1, 0.15) is 5.56 Å². The van der Waals surface area contributed by atoms with Gasteiger partial charge in [0.05, 0.1) is 10.7 Å². The van der Waals surface area contributed by atoms with Crippen LogP contribution in [0.4, 0.5) is 5.69 Å². The summed E-state index contributed by atoms with van der Waals surface area (Å²) in [5.74, 6) is -0.0396. The zero-order valence-electron chi connectivity index (χ0n) is 10.7. The SMILES string of the molecule is Cc1cc(Br)c(S(=O)(=O)Nc2ccc(O)cc2Cl)cc1Br. The number of hydrogen-bond acceptors (Lipinski definition) is 3. The van der Waals surface area contributed by atoms with Crippen LogP contribution in [0, 0.1) is 6.92 Å². The average molecular weight is 456 g/mol. The van der Waals surface area contributed by atoms with Crippen molar-refractivity contribution in [3.8, 4) is 5.75 Å². The number of hydrogen-bond donors (Lipinski definition) is 2. The highest BCUT2D eigenvalue weighted by molar-refractivity contribution is 9.11. The molecule has 0 bridgehead atoms. The van der Waals surface area contributed by atoms with Gasteiger partial charge in [0.1, 0.15) is 10.6 Å². The molecule has 0 saturated heterocycles. The van der Waals surface area contributed by atoms with Crippen LogP contribution >= 0.6 is 43.5 Å². The normalized spacial score (nSPS) is 11.4. The summed E-state index contributed by atoms with van der Waals surface area (Å²) in [6, 6.07) is 7.23. The first-order valence-corrected chi connectivity index (χ1v) is 9.12. The van der Waals surface area contributed by atoms with Crippen molar-refractivity contribution in [2.75, 3.05) is 4.72 Å². The van der Waals surface area contributed by atoms with Crippen LogP contribution in [0.15, 0.2) is 44.2 Å². The molecule has 2 N–H and O–H groups in total. The molecule has 2 aromatic carbocycles. The fourth-order valence-electron chi connectivity index (χ4n) is 1.62. The highest BCUT2D eigenvalue weighted by atomic mass is 79.9. The number of sulfonamides is 1. The van der Waals surface area contributed by atoms with E-state index < -0.39 is 10.0 Å². The second-order valence-corrected chi connectivity index (χ2v) is 8.07. The number of phenolic OH excluding ortho intramolecular Hbond substituents is 1. The Morgan fingerprint density at radius 1 is 1.14 bits per heavy atom. The van der Waals surface area contributed by atoms with E-state index in [0.717, 1.165) is 5.56 Å². The van der Waals surface area contributed by atoms with Crippen molar-refractivity contribution < 1.29 is 13.5 Å². The topological polar surface area (TPSA) is 66.4 Å². The standard InChI is InChI=1S/C13H10Br2ClNO3S/c1-7-4-10(15)13(6-9(7)14)21(19,20)17-12-3-2-8(18)5-11(12)16/h2-6,17-18H,1H3. The molecule has 8 heteroatoms. The van der Waals surface area contributed by atoms with E-state index in [9.17, 15) is 13.5 Å². The Kier molecular flexibility index (Phi) is 4.87. The molecule has 0 unspecified atom stereocenters. The van der Waals surface area contributed by atoms with Crippen molar-refractivity contribution in [3.05, 3.63) is 49.9 Å². The maximum Gasteiger partial charge on any atom is 0.263 e. The number of phenols is 1. The molecule has 0 aliphatic heterocycles. The molecule has 2 aromatic rings. The molecule has 4 nitrogen and oxygen atoms in total. The Bertz CT molecular complexity index is 809. The molecule has 0 atom stereocenters. The number of rotatable bonds is 3. The predicted octanol–water partition coefficient (Wildman–Crippen LogP) is 4.68. The molecule has 21 heavy (non-hydrogen) atoms. The summed E-state index contributed by atoms with van der Waals surface area (Å²) in [6.45, 7) is 1.86. The minimum Gasteiger partial charge on any atom is -0.508 e. The van der Waals surface area contributed by atoms with E-state index in [2.05, 4.69) is 36.6 Å². The van der Waals surface area contributed by atoms with E-state index in [-0.39, 0.29) is 21.4 Å². The second kappa shape index (κ2) is 6.16. The zero-order valence-corrected chi connectivity index (χ0v) is 15.4. The van der Waals surface area contributed by atoms with E-state index in [4.69, 9.17) is 11.6 Å². The van der Waals surface area contributed by atoms with Gasteiger partial charge in [-0.25, -0.2) is 8.42 Å². The van der Waals surface area contributed by atoms with Crippen molar-refractivity contribution >= 4 is 59.2 Å². The lowest BCUT2D eigenvalue weighted by atomic mass is 10.2. The molecular weight excluding hydrogens is 445 g/mol. The predicted molar refractivity (Wildman–Crippen MR) is 90.5 cm³/mol. The van der Waals surface area contributed by atoms with E-state index in [1.807, 2.05) is 6.92 Å². The van der Waals surface area contributed by atoms with Gasteiger partial charge in [-0.2, -0.15) is 0 Å². The minimum atomic E-state index is -3.81. The van der Waals surface area contributed by atoms with Gasteiger partial charge in [0.25, 0.3) is 10.0 Å². The summed E-state index contributed by atoms with van der Waals surface area (Å²) in [4.78, 5) is 0.0871. The van der Waals surface area contributed by atoms with Crippen LogP contribution in [0.3, 0.4) is 0 Å². The van der Waals surface area contributed by atoms with Crippen molar-refractivity contribution in [2.24, 2.45) is 0 Å². The fourth-order valence-corrected chi connectivity index (χ4v) is 4.66. The lowest BCUT2D eigenvalue weighted by molar-refractivity contribution is 0.475. The third-order valence-corrected chi connectivity index (χ3v) is 6.19. The van der Waals surface area contributed by atoms with E-state index in [1.165, 1.54) is 24.3 Å². The second-order valence-electron chi connectivity index (χ2n) is 4.30. The van der Waals surface area contributed by atoms with Crippen LogP contribution in [0.2, 0.25) is 5.02 Å². The maximum atomic E-state index is 12.4. The quantitative estimate of drug-likeness (QED) is 0.661. The number of aryl methyl sites for hydroxylation is 1. The fraction of sp³-hybridized carbons (Fsp3) is 0.0769. The van der Waals surface area contributed by atoms with Crippen molar-refractivity contribution in [1.29, 1.82) is 0 Å². The summed E-state index contributed by atoms with van der Waals surface area (Å²) >= 11 is 12.5. The zero-order chi connectivity index (χ0) is 15.8. The highest BCUT2D eigenvalue weighted by Gasteiger charge is 2.20. The van der Waals surface area contributed by atoms with Crippen LogP contribution in [0.25, 0.3) is 0 Å². The molecule has 0 spiro atoms. The largest absolute Gasteiger partial charge is 0.508 e. The lowest BCUT2D eigenvalue weighted by Crippen LogP contribution is -2.14. The van der Waals surface area contributed by atoms with Crippen LogP contribution in [-0.2, 0) is 10.0 Å². The number of halogens is 3. The van der Waals surface area contributed by atoms with Gasteiger partial charge in [0, 0.05) is 15.0 Å². The Morgan fingerprint density at radius 3 is 2.43 bits per heavy atom. The molecule has 2 rings (SSSR count). The van der Waals surface area contributed by atoms with Crippen LogP contribution in [-0.4, -0.2) is 13.5 Å². The first-order chi connectivity index (χ1) is 9.70. The van der Waals surface area contributed by atoms with E-state index >= 15 is 0 Å². The molecule has 0 aliphatic carbocycles. The minimum absolute atomic E-state index is 0.0396. The third kappa shape index (κ3) is 3.71. The van der Waals surface area contributed by atoms with Crippen molar-refractivity contribution in [2.45, 2.75) is 11.8 Å². The molecule has 0 amide bonds. The van der Waals surface area contributed by atoms with Gasteiger partial charge in [-0.05, 0) is 52.7 Å². The van der Waals surface area contributed by atoms with Gasteiger partial charge in [0.15, 0.2) is 0 Å². The highest BCUT2D eigenvalue weighted by Crippen LogP contribution is 2.32. The number of aromatic hydroxyl groups is 1. The smallest absolute Gasteiger partial charge is 0.263 e. The van der Waals surface area contributed by atoms with E-state index in [0.29, 0.717) is 8.95 Å². The third-order valence-electron chi connectivity index (χ3n) is 2.70. The lowest BCUT2D eigenvalue weighted by Gasteiger charge is -2.12. The van der Waals surface area contributed by atoms with Gasteiger partial charge in [-0.15, -0.1) is 0 Å².